The Kier molecular flexibility index (Phi) is 4.68. The van der Waals surface area contributed by atoms with Crippen molar-refractivity contribution in [2.24, 2.45) is 0 Å². The van der Waals surface area contributed by atoms with E-state index < -0.39 is 0 Å². The molecule has 0 unspecified atom stereocenters. The van der Waals surface area contributed by atoms with Crippen LogP contribution in [0, 0.1) is 0 Å². The van der Waals surface area contributed by atoms with Gasteiger partial charge < -0.3 is 14.6 Å². The minimum absolute atomic E-state index is 0.00142. The van der Waals surface area contributed by atoms with Gasteiger partial charge in [-0.15, -0.1) is 0 Å². The highest BCUT2D eigenvalue weighted by Gasteiger charge is 2.26. The number of hydrogen-bond acceptors (Lipinski definition) is 6. The van der Waals surface area contributed by atoms with Crippen LogP contribution in [0.15, 0.2) is 76.4 Å². The summed E-state index contributed by atoms with van der Waals surface area (Å²) in [6.45, 7) is -0.00142. The Bertz CT molecular complexity index is 1260. The molecule has 0 saturated heterocycles. The molecule has 3 heterocycles. The summed E-state index contributed by atoms with van der Waals surface area (Å²) >= 11 is 1.32. The van der Waals surface area contributed by atoms with Crippen LogP contribution < -0.4 is 10.2 Å². The van der Waals surface area contributed by atoms with Crippen LogP contribution in [0.2, 0.25) is 0 Å². The van der Waals surface area contributed by atoms with Crippen LogP contribution in [0.3, 0.4) is 0 Å². The molecular formula is C22H16N4O3S. The van der Waals surface area contributed by atoms with Crippen LogP contribution in [-0.4, -0.2) is 34.1 Å². The van der Waals surface area contributed by atoms with E-state index in [4.69, 9.17) is 4.42 Å². The Morgan fingerprint density at radius 3 is 2.77 bits per heavy atom. The predicted octanol–water partition coefficient (Wildman–Crippen LogP) is 3.97. The summed E-state index contributed by atoms with van der Waals surface area (Å²) in [4.78, 5) is 35.7. The zero-order valence-corrected chi connectivity index (χ0v) is 16.6. The molecular weight excluding hydrogens is 400 g/mol. The average Bonchev–Trinajstić information content (AvgIpc) is 3.31. The van der Waals surface area contributed by atoms with Gasteiger partial charge in [0.25, 0.3) is 0 Å². The number of hydrogen-bond donors (Lipinski definition) is 1. The quantitative estimate of drug-likeness (QED) is 0.400. The van der Waals surface area contributed by atoms with Gasteiger partial charge in [-0.05, 0) is 30.3 Å². The summed E-state index contributed by atoms with van der Waals surface area (Å²) in [6.07, 6.45) is 1.57. The first-order valence-corrected chi connectivity index (χ1v) is 10.3. The van der Waals surface area contributed by atoms with Gasteiger partial charge in [0.15, 0.2) is 11.6 Å². The van der Waals surface area contributed by atoms with Crippen molar-refractivity contribution in [3.05, 3.63) is 66.9 Å². The molecule has 1 aliphatic heterocycles. The monoisotopic (exact) mass is 416 g/mol. The van der Waals surface area contributed by atoms with Crippen molar-refractivity contribution in [1.29, 1.82) is 0 Å². The number of benzene rings is 2. The van der Waals surface area contributed by atoms with Gasteiger partial charge in [0.2, 0.25) is 11.8 Å². The van der Waals surface area contributed by atoms with Crippen molar-refractivity contribution in [3.8, 4) is 11.6 Å². The molecule has 8 heteroatoms. The van der Waals surface area contributed by atoms with Gasteiger partial charge >= 0.3 is 0 Å². The number of amides is 2. The molecule has 148 valence electrons. The summed E-state index contributed by atoms with van der Waals surface area (Å²) in [5.41, 5.74) is 2.11. The summed E-state index contributed by atoms with van der Waals surface area (Å²) in [5, 5.41) is 4.35. The van der Waals surface area contributed by atoms with Gasteiger partial charge in [0.1, 0.15) is 11.6 Å². The van der Waals surface area contributed by atoms with Crippen molar-refractivity contribution in [1.82, 2.24) is 9.97 Å². The second kappa shape index (κ2) is 7.64. The average molecular weight is 416 g/mol. The summed E-state index contributed by atoms with van der Waals surface area (Å²) < 4.78 is 5.44. The van der Waals surface area contributed by atoms with Gasteiger partial charge in [-0.1, -0.05) is 42.1 Å². The molecule has 0 bridgehead atoms. The molecule has 4 aromatic rings. The number of carbonyl (C=O) groups is 2. The molecule has 1 N–H and O–H groups in total. The minimum Gasteiger partial charge on any atom is -0.461 e. The first-order chi connectivity index (χ1) is 14.7. The van der Waals surface area contributed by atoms with E-state index in [2.05, 4.69) is 15.3 Å². The van der Waals surface area contributed by atoms with E-state index in [9.17, 15) is 9.59 Å². The van der Waals surface area contributed by atoms with Crippen LogP contribution in [0.4, 0.5) is 11.4 Å². The Labute approximate surface area is 176 Å². The summed E-state index contributed by atoms with van der Waals surface area (Å²) in [6, 6.07) is 18.5. The Hall–Kier alpha value is -3.65. The largest absolute Gasteiger partial charge is 0.461 e. The standard InChI is InChI=1S/C22H16N4O3S/c27-19-12-26(17-9-4-3-8-16(17)23-19)20(28)13-30-22-14-6-1-2-7-15(14)24-21(25-22)18-10-5-11-29-18/h1-11H,12-13H2,(H,23,27). The molecule has 2 amide bonds. The van der Waals surface area contributed by atoms with E-state index in [1.165, 1.54) is 16.7 Å². The van der Waals surface area contributed by atoms with Gasteiger partial charge in [-0.2, -0.15) is 0 Å². The van der Waals surface area contributed by atoms with Gasteiger partial charge in [-0.25, -0.2) is 9.97 Å². The van der Waals surface area contributed by atoms with Gasteiger partial charge in [0, 0.05) is 5.39 Å². The van der Waals surface area contributed by atoms with E-state index in [0.717, 1.165) is 10.9 Å². The maximum Gasteiger partial charge on any atom is 0.244 e. The van der Waals surface area contributed by atoms with Gasteiger partial charge in [0.05, 0.1) is 28.9 Å². The number of nitrogens with zero attached hydrogens (tertiary/aromatic N) is 3. The van der Waals surface area contributed by atoms with Crippen LogP contribution in [0.5, 0.6) is 0 Å². The van der Waals surface area contributed by atoms with Crippen LogP contribution in [0.25, 0.3) is 22.5 Å². The highest BCUT2D eigenvalue weighted by atomic mass is 32.2. The highest BCUT2D eigenvalue weighted by Crippen LogP contribution is 2.32. The Balaban J connectivity index is 1.44. The fourth-order valence-corrected chi connectivity index (χ4v) is 4.23. The van der Waals surface area contributed by atoms with Crippen LogP contribution >= 0.6 is 11.8 Å². The smallest absolute Gasteiger partial charge is 0.244 e. The SMILES string of the molecule is O=C1CN(C(=O)CSc2nc(-c3ccco3)nc3ccccc23)c2ccccc2N1. The zero-order chi connectivity index (χ0) is 20.5. The number of furan rings is 1. The third kappa shape index (κ3) is 3.42. The second-order valence-corrected chi connectivity index (χ2v) is 7.64. The molecule has 0 saturated carbocycles. The molecule has 5 rings (SSSR count). The molecule has 1 aliphatic rings. The maximum atomic E-state index is 13.0. The second-order valence-electron chi connectivity index (χ2n) is 6.68. The number of carbonyl (C=O) groups excluding carboxylic acids is 2. The Morgan fingerprint density at radius 1 is 1.07 bits per heavy atom. The maximum absolute atomic E-state index is 13.0. The van der Waals surface area contributed by atoms with Crippen molar-refractivity contribution in [2.75, 3.05) is 22.5 Å². The molecule has 2 aromatic carbocycles. The molecule has 0 aliphatic carbocycles. The molecule has 0 atom stereocenters. The predicted molar refractivity (Wildman–Crippen MR) is 115 cm³/mol. The van der Waals surface area contributed by atoms with E-state index in [0.29, 0.717) is 28.0 Å². The lowest BCUT2D eigenvalue weighted by Crippen LogP contribution is -2.43. The van der Waals surface area contributed by atoms with Crippen molar-refractivity contribution >= 4 is 45.9 Å². The summed E-state index contributed by atoms with van der Waals surface area (Å²) in [5.74, 6) is 0.802. The van der Waals surface area contributed by atoms with Crippen molar-refractivity contribution in [3.63, 3.8) is 0 Å². The van der Waals surface area contributed by atoms with E-state index in [1.54, 1.807) is 24.5 Å². The highest BCUT2D eigenvalue weighted by molar-refractivity contribution is 8.00. The topological polar surface area (TPSA) is 88.3 Å². The van der Waals surface area contributed by atoms with Crippen LogP contribution in [0.1, 0.15) is 0 Å². The lowest BCUT2D eigenvalue weighted by molar-refractivity contribution is -0.120. The number of aromatic nitrogens is 2. The van der Waals surface area contributed by atoms with Gasteiger partial charge in [-0.3, -0.25) is 9.59 Å². The number of rotatable bonds is 4. The molecule has 0 spiro atoms. The number of thioether (sulfide) groups is 1. The Morgan fingerprint density at radius 2 is 1.90 bits per heavy atom. The van der Waals surface area contributed by atoms with Crippen molar-refractivity contribution < 1.29 is 14.0 Å². The normalized spacial score (nSPS) is 13.2. The fourth-order valence-electron chi connectivity index (χ4n) is 3.34. The number of fused-ring (bicyclic) bond motifs is 2. The molecule has 7 nitrogen and oxygen atoms in total. The summed E-state index contributed by atoms with van der Waals surface area (Å²) in [7, 11) is 0. The third-order valence-corrected chi connectivity index (χ3v) is 5.69. The lowest BCUT2D eigenvalue weighted by atomic mass is 10.2. The molecule has 2 aromatic heterocycles. The molecule has 0 fully saturated rings. The van der Waals surface area contributed by atoms with E-state index >= 15 is 0 Å². The number of para-hydroxylation sites is 3. The molecule has 0 radical (unpaired) electrons. The first-order valence-electron chi connectivity index (χ1n) is 9.32. The number of anilines is 2. The van der Waals surface area contributed by atoms with Crippen LogP contribution in [-0.2, 0) is 9.59 Å². The molecule has 30 heavy (non-hydrogen) atoms. The van der Waals surface area contributed by atoms with E-state index in [1.807, 2.05) is 42.5 Å². The van der Waals surface area contributed by atoms with Crippen molar-refractivity contribution in [2.45, 2.75) is 5.03 Å². The lowest BCUT2D eigenvalue weighted by Gasteiger charge is -2.29. The zero-order valence-electron chi connectivity index (χ0n) is 15.7. The van der Waals surface area contributed by atoms with E-state index in [-0.39, 0.29) is 24.1 Å². The minimum atomic E-state index is -0.209. The first kappa shape index (κ1) is 18.4. The third-order valence-electron chi connectivity index (χ3n) is 4.71. The number of nitrogens with one attached hydrogen (secondary N) is 1. The fraction of sp³-hybridized carbons (Fsp3) is 0.0909.